The van der Waals surface area contributed by atoms with Gasteiger partial charge in [0.2, 0.25) is 11.8 Å². The number of nitrogens with zero attached hydrogens (tertiary/aromatic N) is 1. The van der Waals surface area contributed by atoms with Gasteiger partial charge in [-0.3, -0.25) is 33.7 Å². The Morgan fingerprint density at radius 2 is 1.60 bits per heavy atom. The van der Waals surface area contributed by atoms with Gasteiger partial charge in [0.15, 0.2) is 5.78 Å². The molecule has 0 saturated carbocycles. The molecule has 1 rings (SSSR count). The molecule has 0 aromatic carbocycles. The highest BCUT2D eigenvalue weighted by Crippen LogP contribution is 2.16. The van der Waals surface area contributed by atoms with Gasteiger partial charge in [0.1, 0.15) is 5.78 Å². The molecule has 42 heavy (non-hydrogen) atoms. The second-order valence-electron chi connectivity index (χ2n) is 10.4. The Hall–Kier alpha value is -3.65. The van der Waals surface area contributed by atoms with E-state index in [1.54, 1.807) is 0 Å². The number of primary amides is 1. The first-order valence-electron chi connectivity index (χ1n) is 14.4. The summed E-state index contributed by atoms with van der Waals surface area (Å²) in [6, 6.07) is -1.09. The van der Waals surface area contributed by atoms with E-state index in [0.717, 1.165) is 4.90 Å². The minimum atomic E-state index is -0.637. The Labute approximate surface area is 246 Å². The maximum atomic E-state index is 13.0. The number of carbonyl (C=O) groups is 7. The van der Waals surface area contributed by atoms with Gasteiger partial charge in [-0.15, -0.1) is 0 Å². The zero-order chi connectivity index (χ0) is 31.5. The van der Waals surface area contributed by atoms with Crippen LogP contribution in [0.15, 0.2) is 12.2 Å². The number of amides is 6. The van der Waals surface area contributed by atoms with Gasteiger partial charge in [-0.05, 0) is 31.7 Å². The quantitative estimate of drug-likeness (QED) is 0.0766. The normalized spacial score (nSPS) is 14.1. The number of imide groups is 1. The molecule has 6 N–H and O–H groups in total. The highest BCUT2D eigenvalue weighted by Gasteiger charge is 2.27. The predicted octanol–water partition coefficient (Wildman–Crippen LogP) is -0.442. The van der Waals surface area contributed by atoms with Crippen molar-refractivity contribution in [1.29, 1.82) is 0 Å². The number of hydrogen-bond acceptors (Lipinski definition) is 9. The van der Waals surface area contributed by atoms with Crippen LogP contribution in [0.5, 0.6) is 0 Å². The van der Waals surface area contributed by atoms with Crippen molar-refractivity contribution in [2.75, 3.05) is 46.4 Å². The van der Waals surface area contributed by atoms with E-state index in [9.17, 15) is 33.6 Å². The smallest absolute Gasteiger partial charge is 0.312 e. The van der Waals surface area contributed by atoms with Crippen LogP contribution in [-0.2, 0) is 33.5 Å². The Balaban J connectivity index is 2.23. The van der Waals surface area contributed by atoms with Gasteiger partial charge < -0.3 is 31.7 Å². The van der Waals surface area contributed by atoms with Crippen molar-refractivity contribution in [2.24, 2.45) is 17.6 Å². The summed E-state index contributed by atoms with van der Waals surface area (Å²) in [5.41, 5.74) is 5.06. The zero-order valence-corrected chi connectivity index (χ0v) is 24.9. The van der Waals surface area contributed by atoms with E-state index in [-0.39, 0.29) is 74.9 Å². The molecule has 1 aliphatic rings. The molecule has 0 radical (unpaired) electrons. The van der Waals surface area contributed by atoms with E-state index < -0.39 is 29.8 Å². The molecule has 0 aromatic rings. The third-order valence-corrected chi connectivity index (χ3v) is 6.66. The first-order valence-corrected chi connectivity index (χ1v) is 14.4. The van der Waals surface area contributed by atoms with Crippen molar-refractivity contribution in [3.05, 3.63) is 12.2 Å². The van der Waals surface area contributed by atoms with Crippen molar-refractivity contribution >= 4 is 41.2 Å². The monoisotopic (exact) mass is 594 g/mol. The largest absolute Gasteiger partial charge is 0.379 e. The lowest BCUT2D eigenvalue weighted by molar-refractivity contribution is -0.137. The number of Topliss-reactive ketones (excluding diaryl/α,β-unsaturated/α-hetero) is 2. The molecule has 0 saturated heterocycles. The van der Waals surface area contributed by atoms with Gasteiger partial charge >= 0.3 is 6.03 Å². The van der Waals surface area contributed by atoms with E-state index in [4.69, 9.17) is 10.5 Å². The van der Waals surface area contributed by atoms with Crippen molar-refractivity contribution in [1.82, 2.24) is 26.2 Å². The summed E-state index contributed by atoms with van der Waals surface area (Å²) in [6.45, 7) is 5.31. The number of ether oxygens (including phenoxy) is 1. The average Bonchev–Trinajstić information content (AvgIpc) is 3.26. The first-order chi connectivity index (χ1) is 20.0. The van der Waals surface area contributed by atoms with Gasteiger partial charge in [0.25, 0.3) is 11.8 Å². The average molecular weight is 595 g/mol. The van der Waals surface area contributed by atoms with Crippen LogP contribution < -0.4 is 27.0 Å². The fourth-order valence-corrected chi connectivity index (χ4v) is 4.35. The Morgan fingerprint density at radius 3 is 2.21 bits per heavy atom. The summed E-state index contributed by atoms with van der Waals surface area (Å²) in [7, 11) is 1.52. The number of nitrogens with one attached hydrogen (secondary N) is 4. The molecule has 6 amide bonds. The Morgan fingerprint density at radius 1 is 0.905 bits per heavy atom. The third-order valence-electron chi connectivity index (χ3n) is 6.66. The van der Waals surface area contributed by atoms with E-state index >= 15 is 0 Å². The number of rotatable bonds is 23. The predicted molar refractivity (Wildman–Crippen MR) is 154 cm³/mol. The van der Waals surface area contributed by atoms with Gasteiger partial charge in [-0.2, -0.15) is 0 Å². The standard InChI is InChI=1S/C28H46N6O8/c1-19(2)26(22(36)18-20(27(40)30-3)6-4-13-33-28(29)41)32-12-5-7-21(35)11-16-42-17-14-31-23(37)10-15-34-24(38)8-9-25(34)39/h8-9,19-20,26,32H,4-7,10-18H2,1-3H3,(H,30,40)(H,31,37)(H3,29,33,41)/t20-,26+/m1/s1. The Kier molecular flexibility index (Phi) is 17.6. The molecule has 0 fully saturated rings. The second-order valence-corrected chi connectivity index (χ2v) is 10.4. The molecule has 14 heteroatoms. The van der Waals surface area contributed by atoms with E-state index in [0.29, 0.717) is 38.8 Å². The van der Waals surface area contributed by atoms with E-state index in [2.05, 4.69) is 21.3 Å². The number of urea groups is 1. The number of ketones is 2. The SMILES string of the molecule is CNC(=O)[C@H](CCCNC(N)=O)CC(=O)[C@@H](NCCCC(=O)CCOCCNC(=O)CCN1C(=O)C=CC1=O)C(C)C. The van der Waals surface area contributed by atoms with Crippen LogP contribution in [0.25, 0.3) is 0 Å². The van der Waals surface area contributed by atoms with Crippen LogP contribution in [0.2, 0.25) is 0 Å². The topological polar surface area (TPSA) is 206 Å². The third kappa shape index (κ3) is 14.8. The van der Waals surface area contributed by atoms with Gasteiger partial charge in [-0.1, -0.05) is 13.8 Å². The maximum Gasteiger partial charge on any atom is 0.312 e. The summed E-state index contributed by atoms with van der Waals surface area (Å²) in [4.78, 5) is 84.1. The molecule has 1 heterocycles. The number of hydrogen-bond donors (Lipinski definition) is 5. The second kappa shape index (κ2) is 20.3. The van der Waals surface area contributed by atoms with Gasteiger partial charge in [0.05, 0.1) is 19.3 Å². The van der Waals surface area contributed by atoms with Crippen LogP contribution in [0.1, 0.15) is 58.8 Å². The molecular formula is C28H46N6O8. The molecule has 0 spiro atoms. The highest BCUT2D eigenvalue weighted by molar-refractivity contribution is 6.13. The molecule has 2 atom stereocenters. The summed E-state index contributed by atoms with van der Waals surface area (Å²) >= 11 is 0. The number of nitrogens with two attached hydrogens (primary N) is 1. The lowest BCUT2D eigenvalue weighted by Gasteiger charge is -2.23. The lowest BCUT2D eigenvalue weighted by atomic mass is 9.89. The van der Waals surface area contributed by atoms with Crippen LogP contribution in [0.4, 0.5) is 4.79 Å². The highest BCUT2D eigenvalue weighted by atomic mass is 16.5. The minimum absolute atomic E-state index is 0.000276. The lowest BCUT2D eigenvalue weighted by Crippen LogP contribution is -2.43. The molecular weight excluding hydrogens is 548 g/mol. The summed E-state index contributed by atoms with van der Waals surface area (Å²) in [6.07, 6.45) is 4.44. The molecule has 0 unspecified atom stereocenters. The molecule has 1 aliphatic heterocycles. The molecule has 0 bridgehead atoms. The summed E-state index contributed by atoms with van der Waals surface area (Å²) in [5, 5.41) is 10.9. The van der Waals surface area contributed by atoms with Gasteiger partial charge in [0, 0.05) is 70.4 Å². The van der Waals surface area contributed by atoms with Crippen LogP contribution in [0, 0.1) is 11.8 Å². The summed E-state index contributed by atoms with van der Waals surface area (Å²) < 4.78 is 5.40. The van der Waals surface area contributed by atoms with Crippen molar-refractivity contribution in [2.45, 2.75) is 64.8 Å². The maximum absolute atomic E-state index is 13.0. The van der Waals surface area contributed by atoms with Crippen LogP contribution in [0.3, 0.4) is 0 Å². The fourth-order valence-electron chi connectivity index (χ4n) is 4.35. The van der Waals surface area contributed by atoms with Crippen LogP contribution >= 0.6 is 0 Å². The van der Waals surface area contributed by atoms with Crippen molar-refractivity contribution < 1.29 is 38.3 Å². The van der Waals surface area contributed by atoms with Gasteiger partial charge in [-0.25, -0.2) is 4.79 Å². The first kappa shape index (κ1) is 36.4. The van der Waals surface area contributed by atoms with E-state index in [1.165, 1.54) is 19.2 Å². The Bertz CT molecular complexity index is 965. The summed E-state index contributed by atoms with van der Waals surface area (Å²) in [5.74, 6) is -1.99. The van der Waals surface area contributed by atoms with Crippen molar-refractivity contribution in [3.8, 4) is 0 Å². The number of carbonyl (C=O) groups excluding carboxylic acids is 7. The molecule has 0 aliphatic carbocycles. The zero-order valence-electron chi connectivity index (χ0n) is 24.9. The fraction of sp³-hybridized carbons (Fsp3) is 0.679. The minimum Gasteiger partial charge on any atom is -0.379 e. The molecule has 14 nitrogen and oxygen atoms in total. The molecule has 0 aromatic heterocycles. The van der Waals surface area contributed by atoms with E-state index in [1.807, 2.05) is 13.8 Å². The van der Waals surface area contributed by atoms with Crippen LogP contribution in [-0.4, -0.2) is 98.6 Å². The molecule has 236 valence electrons. The van der Waals surface area contributed by atoms with Crippen molar-refractivity contribution in [3.63, 3.8) is 0 Å².